The molecule has 8 heteroatoms. The lowest BCUT2D eigenvalue weighted by molar-refractivity contribution is -0.133. The largest absolute Gasteiger partial charge is 0.497 e. The summed E-state index contributed by atoms with van der Waals surface area (Å²) in [6.45, 7) is 8.65. The van der Waals surface area contributed by atoms with Crippen molar-refractivity contribution in [2.45, 2.75) is 37.5 Å². The number of fused-ring (bicyclic) bond motifs is 6. The molecule has 0 radical (unpaired) electrons. The van der Waals surface area contributed by atoms with Gasteiger partial charge in [-0.3, -0.25) is 0 Å². The molecule has 474 valence electrons. The van der Waals surface area contributed by atoms with Crippen molar-refractivity contribution in [1.82, 2.24) is 0 Å². The van der Waals surface area contributed by atoms with Crippen LogP contribution in [0.25, 0.3) is 33.4 Å². The number of ether oxygens (including phenoxy) is 6. The fourth-order valence-electron chi connectivity index (χ4n) is 15.4. The van der Waals surface area contributed by atoms with Gasteiger partial charge < -0.3 is 38.2 Å². The topological polar surface area (TPSA) is 61.9 Å². The molecule has 0 aromatic heterocycles. The number of para-hydroxylation sites is 2. The summed E-state index contributed by atoms with van der Waals surface area (Å²) >= 11 is 0. The zero-order valence-corrected chi connectivity index (χ0v) is 54.7. The molecule has 2 saturated heterocycles. The Bertz CT molecular complexity index is 4430. The first-order chi connectivity index (χ1) is 47.3. The molecule has 2 atom stereocenters. The maximum absolute atomic E-state index is 6.52. The van der Waals surface area contributed by atoms with Crippen LogP contribution in [-0.2, 0) is 20.3 Å². The molecule has 16 rings (SSSR count). The molecule has 12 aromatic carbocycles. The number of benzene rings is 12. The third-order valence-electron chi connectivity index (χ3n) is 21.0. The summed E-state index contributed by atoms with van der Waals surface area (Å²) in [7, 11) is 3.45. The van der Waals surface area contributed by atoms with Crippen LogP contribution in [-0.4, -0.2) is 53.9 Å². The zero-order chi connectivity index (χ0) is 64.9. The summed E-state index contributed by atoms with van der Waals surface area (Å²) in [5.41, 5.74) is 21.7. The lowest BCUT2D eigenvalue weighted by Crippen LogP contribution is -2.46. The van der Waals surface area contributed by atoms with Gasteiger partial charge in [-0.2, -0.15) is 0 Å². The molecule has 0 saturated carbocycles. The molecular formula is C88H76N2O6. The first-order valence-electron chi connectivity index (χ1n) is 33.6. The monoisotopic (exact) mass is 1260 g/mol. The minimum absolute atomic E-state index is 0.0669. The van der Waals surface area contributed by atoms with Gasteiger partial charge in [-0.05, 0) is 212 Å². The van der Waals surface area contributed by atoms with Crippen molar-refractivity contribution in [2.75, 3.05) is 63.7 Å². The molecule has 0 bridgehead atoms. The third kappa shape index (κ3) is 10.2. The highest BCUT2D eigenvalue weighted by Gasteiger charge is 2.49. The lowest BCUT2D eigenvalue weighted by atomic mass is 9.67. The van der Waals surface area contributed by atoms with E-state index in [-0.39, 0.29) is 10.8 Å². The van der Waals surface area contributed by atoms with E-state index in [0.717, 1.165) is 130 Å². The van der Waals surface area contributed by atoms with E-state index in [9.17, 15) is 0 Å². The van der Waals surface area contributed by atoms with E-state index in [1.54, 1.807) is 14.2 Å². The average molecular weight is 1260 g/mol. The van der Waals surface area contributed by atoms with Crippen molar-refractivity contribution in [3.8, 4) is 56.4 Å². The predicted octanol–water partition coefficient (Wildman–Crippen LogP) is 20.6. The van der Waals surface area contributed by atoms with Gasteiger partial charge >= 0.3 is 0 Å². The van der Waals surface area contributed by atoms with Crippen LogP contribution in [0.4, 0.5) is 34.1 Å². The van der Waals surface area contributed by atoms with E-state index in [4.69, 9.17) is 28.4 Å². The lowest BCUT2D eigenvalue weighted by Gasteiger charge is -2.40. The average Bonchev–Trinajstić information content (AvgIpc) is 1.53. The molecular weight excluding hydrogens is 1180 g/mol. The molecule has 12 aromatic rings. The summed E-state index contributed by atoms with van der Waals surface area (Å²) in [5.74, 6) is 3.33. The maximum atomic E-state index is 6.52. The van der Waals surface area contributed by atoms with E-state index in [2.05, 4.69) is 315 Å². The standard InChI is InChI=1S/C88H76N2O6/c1-5-85(55-93-56-85)59-95-75-47-33-65(34-48-75)87(63-29-43-73(91-3)44-30-63)81-23-15-13-21-77(81)79-51-41-71(53-83(79)87)89(67-17-9-7-10-18-67)69-37-25-61(26-38-69)62-27-39-70(40-28-62)90(68-19-11-8-12-20-68)72-42-52-80-78-22-14-16-24-82(78)88(84(80)54-72,64-31-45-74(92-4)46-32-64)66-35-49-76(50-36-66)96-60-86(6-2)57-94-58-86/h7-54H,5-6,55-60H2,1-4H3. The quantitative estimate of drug-likeness (QED) is 0.0705. The van der Waals surface area contributed by atoms with Crippen molar-refractivity contribution < 1.29 is 28.4 Å². The van der Waals surface area contributed by atoms with Crippen molar-refractivity contribution >= 4 is 34.1 Å². The molecule has 0 spiro atoms. The summed E-state index contributed by atoms with van der Waals surface area (Å²) in [5, 5.41) is 0. The number of methoxy groups -OCH3 is 2. The summed E-state index contributed by atoms with van der Waals surface area (Å²) in [6.07, 6.45) is 2.04. The minimum Gasteiger partial charge on any atom is -0.497 e. The van der Waals surface area contributed by atoms with Crippen LogP contribution in [0.15, 0.2) is 291 Å². The highest BCUT2D eigenvalue weighted by molar-refractivity contribution is 5.92. The Morgan fingerprint density at radius 3 is 0.927 bits per heavy atom. The molecule has 96 heavy (non-hydrogen) atoms. The maximum Gasteiger partial charge on any atom is 0.119 e. The number of nitrogens with zero attached hydrogens (tertiary/aromatic N) is 2. The molecule has 0 amide bonds. The van der Waals surface area contributed by atoms with Gasteiger partial charge in [0.05, 0.1) is 75.5 Å². The van der Waals surface area contributed by atoms with E-state index < -0.39 is 10.8 Å². The molecule has 2 aliphatic heterocycles. The summed E-state index contributed by atoms with van der Waals surface area (Å²) in [6, 6.07) is 106. The van der Waals surface area contributed by atoms with Crippen molar-refractivity contribution in [1.29, 1.82) is 0 Å². The molecule has 4 aliphatic rings. The number of rotatable bonds is 21. The van der Waals surface area contributed by atoms with Crippen molar-refractivity contribution in [3.63, 3.8) is 0 Å². The van der Waals surface area contributed by atoms with Gasteiger partial charge in [0.1, 0.15) is 23.0 Å². The fourth-order valence-corrected chi connectivity index (χ4v) is 15.4. The van der Waals surface area contributed by atoms with Crippen LogP contribution in [0.1, 0.15) is 71.2 Å². The van der Waals surface area contributed by atoms with Gasteiger partial charge in [0, 0.05) is 34.1 Å². The van der Waals surface area contributed by atoms with Crippen LogP contribution >= 0.6 is 0 Å². The summed E-state index contributed by atoms with van der Waals surface area (Å²) in [4.78, 5) is 4.77. The smallest absolute Gasteiger partial charge is 0.119 e. The van der Waals surface area contributed by atoms with Crippen molar-refractivity contribution in [3.05, 3.63) is 336 Å². The van der Waals surface area contributed by atoms with Crippen LogP contribution in [0.2, 0.25) is 0 Å². The second-order valence-electron chi connectivity index (χ2n) is 26.3. The Morgan fingerprint density at radius 2 is 0.604 bits per heavy atom. The van der Waals surface area contributed by atoms with Gasteiger partial charge in [0.15, 0.2) is 0 Å². The van der Waals surface area contributed by atoms with E-state index in [1.165, 1.54) is 44.5 Å². The van der Waals surface area contributed by atoms with Gasteiger partial charge in [0.25, 0.3) is 0 Å². The molecule has 2 unspecified atom stereocenters. The molecule has 8 nitrogen and oxygen atoms in total. The first kappa shape index (κ1) is 60.3. The van der Waals surface area contributed by atoms with Crippen LogP contribution in [0.5, 0.6) is 23.0 Å². The molecule has 2 fully saturated rings. The Kier molecular flexibility index (Phi) is 15.7. The molecule has 0 N–H and O–H groups in total. The first-order valence-corrected chi connectivity index (χ1v) is 33.6. The van der Waals surface area contributed by atoms with Gasteiger partial charge in [-0.25, -0.2) is 0 Å². The van der Waals surface area contributed by atoms with Crippen LogP contribution < -0.4 is 28.7 Å². The molecule has 2 heterocycles. The fraction of sp³-hybridized carbons (Fsp3) is 0.182. The zero-order valence-electron chi connectivity index (χ0n) is 54.7. The van der Waals surface area contributed by atoms with E-state index in [1.807, 2.05) is 0 Å². The Labute approximate surface area is 563 Å². The Hall–Kier alpha value is -10.6. The molecule has 2 aliphatic carbocycles. The Morgan fingerprint density at radius 1 is 0.302 bits per heavy atom. The summed E-state index contributed by atoms with van der Waals surface area (Å²) < 4.78 is 35.9. The third-order valence-corrected chi connectivity index (χ3v) is 21.0. The SMILES string of the molecule is CCC1(COc2ccc(C3(c4ccc(OC)cc4)c4ccccc4-c4ccc(N(c5ccccc5)c5ccc(-c6ccc(N(c7ccccc7)c7ccc8c(c7)C(c7ccc(OC)cc7)(c7ccc(OCC9(CC)COC9)cc7)c7ccccc7-8)cc6)cc5)cc43)cc2)COC1. The number of hydrogen-bond acceptors (Lipinski definition) is 8. The van der Waals surface area contributed by atoms with E-state index in [0.29, 0.717) is 13.2 Å². The van der Waals surface area contributed by atoms with Gasteiger partial charge in [0.2, 0.25) is 0 Å². The second-order valence-corrected chi connectivity index (χ2v) is 26.3. The van der Waals surface area contributed by atoms with Crippen LogP contribution in [0, 0.1) is 10.8 Å². The normalized spacial score (nSPS) is 17.3. The second kappa shape index (κ2) is 24.9. The number of hydrogen-bond donors (Lipinski definition) is 0. The number of anilines is 6. The predicted molar refractivity (Wildman–Crippen MR) is 387 cm³/mol. The van der Waals surface area contributed by atoms with Gasteiger partial charge in [-0.1, -0.05) is 184 Å². The minimum atomic E-state index is -0.672. The van der Waals surface area contributed by atoms with E-state index >= 15 is 0 Å². The van der Waals surface area contributed by atoms with Crippen LogP contribution in [0.3, 0.4) is 0 Å². The highest BCUT2D eigenvalue weighted by atomic mass is 16.5. The van der Waals surface area contributed by atoms with Gasteiger partial charge in [-0.15, -0.1) is 0 Å². The Balaban J connectivity index is 0.752. The van der Waals surface area contributed by atoms with Crippen molar-refractivity contribution in [2.24, 2.45) is 10.8 Å². The highest BCUT2D eigenvalue weighted by Crippen LogP contribution is 2.60.